The highest BCUT2D eigenvalue weighted by Gasteiger charge is 2.13. The standard InChI is InChI=1S/C16H25NO3S/c1-4-19-16(18)15(17)11-21-9-5-8-20-14-7-6-12(2)13(3)10-14/h6-7,10,15H,4-5,8-9,11,17H2,1-3H3. The fourth-order valence-electron chi connectivity index (χ4n) is 1.68. The normalized spacial score (nSPS) is 12.0. The summed E-state index contributed by atoms with van der Waals surface area (Å²) >= 11 is 1.65. The molecule has 5 heteroatoms. The van der Waals surface area contributed by atoms with Crippen LogP contribution in [-0.2, 0) is 9.53 Å². The Balaban J connectivity index is 2.12. The summed E-state index contributed by atoms with van der Waals surface area (Å²) in [5.74, 6) is 2.09. The lowest BCUT2D eigenvalue weighted by atomic mass is 10.1. The Kier molecular flexibility index (Phi) is 8.23. The fraction of sp³-hybridized carbons (Fsp3) is 0.562. The van der Waals surface area contributed by atoms with Crippen molar-refractivity contribution in [3.05, 3.63) is 29.3 Å². The number of aryl methyl sites for hydroxylation is 2. The monoisotopic (exact) mass is 311 g/mol. The first-order valence-corrected chi connectivity index (χ1v) is 8.40. The average Bonchev–Trinajstić information content (AvgIpc) is 2.46. The molecular weight excluding hydrogens is 286 g/mol. The van der Waals surface area contributed by atoms with E-state index in [0.717, 1.165) is 17.9 Å². The van der Waals surface area contributed by atoms with Gasteiger partial charge in [0.1, 0.15) is 11.8 Å². The number of carbonyl (C=O) groups excluding carboxylic acids is 1. The van der Waals surface area contributed by atoms with Gasteiger partial charge >= 0.3 is 5.97 Å². The van der Waals surface area contributed by atoms with Crippen molar-refractivity contribution in [3.8, 4) is 5.75 Å². The van der Waals surface area contributed by atoms with Crippen LogP contribution in [0, 0.1) is 13.8 Å². The quantitative estimate of drug-likeness (QED) is 0.561. The topological polar surface area (TPSA) is 61.5 Å². The van der Waals surface area contributed by atoms with E-state index in [0.29, 0.717) is 19.0 Å². The van der Waals surface area contributed by atoms with Crippen molar-refractivity contribution in [3.63, 3.8) is 0 Å². The third kappa shape index (κ3) is 6.87. The third-order valence-electron chi connectivity index (χ3n) is 3.07. The molecule has 0 aliphatic carbocycles. The number of hydrogen-bond donors (Lipinski definition) is 1. The Morgan fingerprint density at radius 2 is 2.10 bits per heavy atom. The summed E-state index contributed by atoms with van der Waals surface area (Å²) < 4.78 is 10.6. The summed E-state index contributed by atoms with van der Waals surface area (Å²) in [5, 5.41) is 0. The molecule has 1 unspecified atom stereocenters. The largest absolute Gasteiger partial charge is 0.494 e. The second-order valence-corrected chi connectivity index (χ2v) is 6.03. The molecule has 0 aromatic heterocycles. The number of benzene rings is 1. The zero-order valence-electron chi connectivity index (χ0n) is 13.1. The minimum atomic E-state index is -0.532. The molecule has 118 valence electrons. The van der Waals surface area contributed by atoms with Gasteiger partial charge in [-0.15, -0.1) is 0 Å². The molecule has 0 aliphatic heterocycles. The molecule has 0 amide bonds. The summed E-state index contributed by atoms with van der Waals surface area (Å²) in [6.45, 7) is 6.99. The van der Waals surface area contributed by atoms with Crippen LogP contribution in [0.25, 0.3) is 0 Å². The van der Waals surface area contributed by atoms with E-state index in [4.69, 9.17) is 15.2 Å². The maximum atomic E-state index is 11.3. The number of thioether (sulfide) groups is 1. The van der Waals surface area contributed by atoms with Gasteiger partial charge in [0.15, 0.2) is 0 Å². The van der Waals surface area contributed by atoms with E-state index in [-0.39, 0.29) is 5.97 Å². The summed E-state index contributed by atoms with van der Waals surface area (Å²) in [5.41, 5.74) is 8.22. The van der Waals surface area contributed by atoms with Crippen LogP contribution in [0.5, 0.6) is 5.75 Å². The van der Waals surface area contributed by atoms with Crippen molar-refractivity contribution < 1.29 is 14.3 Å². The predicted molar refractivity (Wildman–Crippen MR) is 88.0 cm³/mol. The highest BCUT2D eigenvalue weighted by atomic mass is 32.2. The Bertz CT molecular complexity index is 451. The summed E-state index contributed by atoms with van der Waals surface area (Å²) in [6.07, 6.45) is 0.924. The van der Waals surface area contributed by atoms with Crippen LogP contribution in [0.2, 0.25) is 0 Å². The Morgan fingerprint density at radius 1 is 1.33 bits per heavy atom. The number of nitrogens with two attached hydrogens (primary N) is 1. The van der Waals surface area contributed by atoms with E-state index in [9.17, 15) is 4.79 Å². The fourth-order valence-corrected chi connectivity index (χ4v) is 2.56. The maximum absolute atomic E-state index is 11.3. The lowest BCUT2D eigenvalue weighted by molar-refractivity contribution is -0.144. The van der Waals surface area contributed by atoms with Crippen molar-refractivity contribution in [1.29, 1.82) is 0 Å². The van der Waals surface area contributed by atoms with Crippen LogP contribution >= 0.6 is 11.8 Å². The van der Waals surface area contributed by atoms with Gasteiger partial charge in [0.25, 0.3) is 0 Å². The van der Waals surface area contributed by atoms with E-state index < -0.39 is 6.04 Å². The third-order valence-corrected chi connectivity index (χ3v) is 4.24. The molecule has 4 nitrogen and oxygen atoms in total. The number of rotatable bonds is 9. The van der Waals surface area contributed by atoms with Gasteiger partial charge in [-0.05, 0) is 56.2 Å². The van der Waals surface area contributed by atoms with Gasteiger partial charge in [-0.3, -0.25) is 4.79 Å². The average molecular weight is 311 g/mol. The van der Waals surface area contributed by atoms with Crippen LogP contribution in [0.1, 0.15) is 24.5 Å². The maximum Gasteiger partial charge on any atom is 0.323 e. The molecule has 0 saturated carbocycles. The lowest BCUT2D eigenvalue weighted by Gasteiger charge is -2.10. The van der Waals surface area contributed by atoms with Gasteiger partial charge in [-0.2, -0.15) is 11.8 Å². The molecule has 0 radical (unpaired) electrons. The van der Waals surface area contributed by atoms with E-state index in [1.165, 1.54) is 11.1 Å². The molecule has 1 aromatic carbocycles. The van der Waals surface area contributed by atoms with Crippen molar-refractivity contribution in [1.82, 2.24) is 0 Å². The van der Waals surface area contributed by atoms with Crippen LogP contribution in [0.4, 0.5) is 0 Å². The van der Waals surface area contributed by atoms with E-state index in [2.05, 4.69) is 26.0 Å². The summed E-state index contributed by atoms with van der Waals surface area (Å²) in [6, 6.07) is 5.58. The van der Waals surface area contributed by atoms with Gasteiger partial charge in [0, 0.05) is 5.75 Å². The van der Waals surface area contributed by atoms with Crippen LogP contribution < -0.4 is 10.5 Å². The molecular formula is C16H25NO3S. The smallest absolute Gasteiger partial charge is 0.323 e. The highest BCUT2D eigenvalue weighted by Crippen LogP contribution is 2.16. The van der Waals surface area contributed by atoms with Gasteiger partial charge in [0.2, 0.25) is 0 Å². The molecule has 0 fully saturated rings. The molecule has 1 aromatic rings. The Hall–Kier alpha value is -1.20. The van der Waals surface area contributed by atoms with Crippen molar-refractivity contribution in [2.45, 2.75) is 33.2 Å². The molecule has 1 atom stereocenters. The first kappa shape index (κ1) is 17.9. The van der Waals surface area contributed by atoms with Gasteiger partial charge < -0.3 is 15.2 Å². The predicted octanol–water partition coefficient (Wildman–Crippen LogP) is 2.70. The second-order valence-electron chi connectivity index (χ2n) is 4.88. The molecule has 0 saturated heterocycles. The molecule has 0 aliphatic rings. The molecule has 2 N–H and O–H groups in total. The van der Waals surface area contributed by atoms with Gasteiger partial charge in [-0.25, -0.2) is 0 Å². The zero-order chi connectivity index (χ0) is 15.7. The molecule has 0 spiro atoms. The van der Waals surface area contributed by atoms with Crippen molar-refractivity contribution in [2.24, 2.45) is 5.73 Å². The van der Waals surface area contributed by atoms with E-state index in [1.54, 1.807) is 18.7 Å². The molecule has 0 bridgehead atoms. The number of ether oxygens (including phenoxy) is 2. The number of hydrogen-bond acceptors (Lipinski definition) is 5. The number of esters is 1. The zero-order valence-corrected chi connectivity index (χ0v) is 13.9. The van der Waals surface area contributed by atoms with Crippen LogP contribution in [0.15, 0.2) is 18.2 Å². The summed E-state index contributed by atoms with van der Waals surface area (Å²) in [4.78, 5) is 11.3. The molecule has 0 heterocycles. The van der Waals surface area contributed by atoms with Crippen molar-refractivity contribution in [2.75, 3.05) is 24.7 Å². The number of carbonyl (C=O) groups is 1. The van der Waals surface area contributed by atoms with Crippen molar-refractivity contribution >= 4 is 17.7 Å². The Labute approximate surface area is 131 Å². The SMILES string of the molecule is CCOC(=O)C(N)CSCCCOc1ccc(C)c(C)c1. The van der Waals surface area contributed by atoms with E-state index in [1.807, 2.05) is 6.07 Å². The minimum absolute atomic E-state index is 0.323. The first-order valence-electron chi connectivity index (χ1n) is 7.24. The lowest BCUT2D eigenvalue weighted by Crippen LogP contribution is -2.34. The second kappa shape index (κ2) is 9.68. The Morgan fingerprint density at radius 3 is 2.76 bits per heavy atom. The van der Waals surface area contributed by atoms with Crippen LogP contribution in [0.3, 0.4) is 0 Å². The van der Waals surface area contributed by atoms with Gasteiger partial charge in [0.05, 0.1) is 13.2 Å². The molecule has 21 heavy (non-hydrogen) atoms. The minimum Gasteiger partial charge on any atom is -0.494 e. The molecule has 1 rings (SSSR count). The highest BCUT2D eigenvalue weighted by molar-refractivity contribution is 7.99. The summed E-state index contributed by atoms with van der Waals surface area (Å²) in [7, 11) is 0. The van der Waals surface area contributed by atoms with E-state index >= 15 is 0 Å². The van der Waals surface area contributed by atoms with Gasteiger partial charge in [-0.1, -0.05) is 6.07 Å². The van der Waals surface area contributed by atoms with Crippen LogP contribution in [-0.4, -0.2) is 36.7 Å². The first-order chi connectivity index (χ1) is 10.0.